The maximum Gasteiger partial charge on any atom is 0.212 e. The van der Waals surface area contributed by atoms with Crippen LogP contribution in [0.4, 0.5) is 0 Å². The molecule has 1 N–H and O–H groups in total. The summed E-state index contributed by atoms with van der Waals surface area (Å²) >= 11 is 0. The van der Waals surface area contributed by atoms with Crippen molar-refractivity contribution >= 4 is 12.4 Å². The number of hydrogen-bond acceptors (Lipinski definition) is 3. The van der Waals surface area contributed by atoms with Crippen LogP contribution in [0.25, 0.3) is 0 Å². The molecule has 0 spiro atoms. The van der Waals surface area contributed by atoms with Gasteiger partial charge in [-0.05, 0) is 12.6 Å². The highest BCUT2D eigenvalue weighted by atomic mass is 35.5. The Balaban J connectivity index is 0.00000121. The van der Waals surface area contributed by atoms with Crippen molar-refractivity contribution in [2.75, 3.05) is 14.2 Å². The molecular weight excluding hydrogens is 176 g/mol. The summed E-state index contributed by atoms with van der Waals surface area (Å²) < 4.78 is 4.92. The van der Waals surface area contributed by atoms with Crippen LogP contribution < -0.4 is 10.1 Å². The number of methoxy groups -OCH3 is 1. The van der Waals surface area contributed by atoms with Crippen LogP contribution in [0.5, 0.6) is 5.88 Å². The number of ether oxygens (including phenoxy) is 1. The lowest BCUT2D eigenvalue weighted by molar-refractivity contribution is 0.397. The molecule has 0 aliphatic rings. The number of nitrogens with one attached hydrogen (secondary N) is 1. The van der Waals surface area contributed by atoms with Crippen molar-refractivity contribution in [3.05, 3.63) is 23.9 Å². The number of pyridine rings is 1. The van der Waals surface area contributed by atoms with Gasteiger partial charge in [0.15, 0.2) is 0 Å². The lowest BCUT2D eigenvalue weighted by Crippen LogP contribution is -2.05. The van der Waals surface area contributed by atoms with Crippen LogP contribution in [0.15, 0.2) is 18.3 Å². The van der Waals surface area contributed by atoms with Crippen molar-refractivity contribution in [2.24, 2.45) is 0 Å². The second-order valence-electron chi connectivity index (χ2n) is 2.24. The predicted molar refractivity (Wildman–Crippen MR) is 50.8 cm³/mol. The van der Waals surface area contributed by atoms with Crippen LogP contribution in [0.2, 0.25) is 0 Å². The van der Waals surface area contributed by atoms with Gasteiger partial charge in [-0.2, -0.15) is 0 Å². The van der Waals surface area contributed by atoms with E-state index in [1.54, 1.807) is 13.3 Å². The number of rotatable bonds is 3. The molecule has 0 aromatic carbocycles. The average Bonchev–Trinajstić information content (AvgIpc) is 2.07. The Morgan fingerprint density at radius 2 is 2.25 bits per heavy atom. The van der Waals surface area contributed by atoms with E-state index < -0.39 is 0 Å². The summed E-state index contributed by atoms with van der Waals surface area (Å²) in [4.78, 5) is 4.05. The van der Waals surface area contributed by atoms with Gasteiger partial charge in [-0.1, -0.05) is 6.07 Å². The van der Waals surface area contributed by atoms with Gasteiger partial charge in [0.2, 0.25) is 5.88 Å². The van der Waals surface area contributed by atoms with Crippen LogP contribution >= 0.6 is 12.4 Å². The minimum Gasteiger partial charge on any atom is -0.481 e. The van der Waals surface area contributed by atoms with Crippen molar-refractivity contribution in [3.63, 3.8) is 0 Å². The van der Waals surface area contributed by atoms with Crippen LogP contribution in [0.3, 0.4) is 0 Å². The molecule has 0 unspecified atom stereocenters. The molecule has 0 amide bonds. The molecule has 1 aromatic rings. The Morgan fingerprint density at radius 3 is 2.67 bits per heavy atom. The normalized spacial score (nSPS) is 8.83. The molecule has 0 aliphatic carbocycles. The number of aromatic nitrogens is 1. The lowest BCUT2D eigenvalue weighted by atomic mass is 10.3. The highest BCUT2D eigenvalue weighted by molar-refractivity contribution is 5.85. The topological polar surface area (TPSA) is 34.1 Å². The zero-order valence-corrected chi connectivity index (χ0v) is 8.02. The van der Waals surface area contributed by atoms with Crippen molar-refractivity contribution in [1.29, 1.82) is 0 Å². The van der Waals surface area contributed by atoms with E-state index in [9.17, 15) is 0 Å². The first-order valence-corrected chi connectivity index (χ1v) is 3.50. The second kappa shape index (κ2) is 5.80. The van der Waals surface area contributed by atoms with Crippen LogP contribution in [0.1, 0.15) is 5.56 Å². The third-order valence-corrected chi connectivity index (χ3v) is 1.39. The average molecular weight is 189 g/mol. The summed E-state index contributed by atoms with van der Waals surface area (Å²) in [6.07, 6.45) is 1.80. The zero-order chi connectivity index (χ0) is 8.10. The molecule has 1 heterocycles. The largest absolute Gasteiger partial charge is 0.481 e. The molecule has 4 heteroatoms. The summed E-state index contributed by atoms with van der Waals surface area (Å²) in [6, 6.07) is 3.84. The van der Waals surface area contributed by atoms with Gasteiger partial charge in [0, 0.05) is 18.8 Å². The summed E-state index contributed by atoms with van der Waals surface area (Å²) in [5, 5.41) is 3.04. The Morgan fingerprint density at radius 1 is 1.50 bits per heavy atom. The van der Waals surface area contributed by atoms with Crippen LogP contribution in [-0.2, 0) is 6.54 Å². The molecule has 0 radical (unpaired) electrons. The fourth-order valence-electron chi connectivity index (χ4n) is 0.840. The van der Waals surface area contributed by atoms with Gasteiger partial charge in [0.25, 0.3) is 0 Å². The van der Waals surface area contributed by atoms with Gasteiger partial charge in [-0.25, -0.2) is 4.98 Å². The minimum absolute atomic E-state index is 0. The summed E-state index contributed by atoms with van der Waals surface area (Å²) in [6.45, 7) is 0.844. The first-order valence-electron chi connectivity index (χ1n) is 3.50. The van der Waals surface area contributed by atoms with E-state index in [1.165, 1.54) is 0 Å². The maximum atomic E-state index is 4.92. The molecule has 0 bridgehead atoms. The molecule has 0 aliphatic heterocycles. The quantitative estimate of drug-likeness (QED) is 0.775. The van der Waals surface area contributed by atoms with E-state index in [0.717, 1.165) is 12.1 Å². The van der Waals surface area contributed by atoms with E-state index in [4.69, 9.17) is 4.74 Å². The molecule has 0 fully saturated rings. The Labute approximate surface area is 78.6 Å². The Kier molecular flexibility index (Phi) is 5.41. The second-order valence-corrected chi connectivity index (χ2v) is 2.24. The maximum absolute atomic E-state index is 4.92. The molecule has 0 saturated carbocycles. The molecule has 12 heavy (non-hydrogen) atoms. The van der Waals surface area contributed by atoms with Gasteiger partial charge in [-0.15, -0.1) is 12.4 Å². The SMILES string of the molecule is CNCc1ccc(OC)nc1.Cl. The molecule has 3 nitrogen and oxygen atoms in total. The molecule has 1 aromatic heterocycles. The summed E-state index contributed by atoms with van der Waals surface area (Å²) in [5.41, 5.74) is 1.16. The number of hydrogen-bond donors (Lipinski definition) is 1. The first-order chi connectivity index (χ1) is 5.36. The molecular formula is C8H13ClN2O. The smallest absolute Gasteiger partial charge is 0.212 e. The highest BCUT2D eigenvalue weighted by Gasteiger charge is 1.92. The first kappa shape index (κ1) is 11.2. The predicted octanol–water partition coefficient (Wildman–Crippen LogP) is 1.23. The number of nitrogens with zero attached hydrogens (tertiary/aromatic N) is 1. The fraction of sp³-hybridized carbons (Fsp3) is 0.375. The van der Waals surface area contributed by atoms with E-state index in [1.807, 2.05) is 19.2 Å². The summed E-state index contributed by atoms with van der Waals surface area (Å²) in [7, 11) is 3.52. The third-order valence-electron chi connectivity index (χ3n) is 1.39. The molecule has 68 valence electrons. The van der Waals surface area contributed by atoms with Gasteiger partial charge >= 0.3 is 0 Å². The van der Waals surface area contributed by atoms with E-state index in [0.29, 0.717) is 5.88 Å². The Bertz CT molecular complexity index is 213. The van der Waals surface area contributed by atoms with Gasteiger partial charge in [0.05, 0.1) is 7.11 Å². The Hall–Kier alpha value is -0.800. The molecule has 0 atom stereocenters. The zero-order valence-electron chi connectivity index (χ0n) is 7.20. The standard InChI is InChI=1S/C8H12N2O.ClH/c1-9-5-7-3-4-8(11-2)10-6-7;/h3-4,6,9H,5H2,1-2H3;1H. The van der Waals surface area contributed by atoms with Crippen molar-refractivity contribution in [1.82, 2.24) is 10.3 Å². The van der Waals surface area contributed by atoms with E-state index >= 15 is 0 Å². The number of halogens is 1. The van der Waals surface area contributed by atoms with E-state index in [2.05, 4.69) is 10.3 Å². The molecule has 0 saturated heterocycles. The van der Waals surface area contributed by atoms with Gasteiger partial charge in [0.1, 0.15) is 0 Å². The highest BCUT2D eigenvalue weighted by Crippen LogP contribution is 2.05. The monoisotopic (exact) mass is 188 g/mol. The van der Waals surface area contributed by atoms with Crippen molar-refractivity contribution in [3.8, 4) is 5.88 Å². The fourth-order valence-corrected chi connectivity index (χ4v) is 0.840. The minimum atomic E-state index is 0. The van der Waals surface area contributed by atoms with Crippen LogP contribution in [0, 0.1) is 0 Å². The summed E-state index contributed by atoms with van der Waals surface area (Å²) in [5.74, 6) is 0.657. The van der Waals surface area contributed by atoms with Crippen molar-refractivity contribution in [2.45, 2.75) is 6.54 Å². The van der Waals surface area contributed by atoms with Gasteiger partial charge in [-0.3, -0.25) is 0 Å². The van der Waals surface area contributed by atoms with Crippen LogP contribution in [-0.4, -0.2) is 19.1 Å². The van der Waals surface area contributed by atoms with Gasteiger partial charge < -0.3 is 10.1 Å². The van der Waals surface area contributed by atoms with Crippen molar-refractivity contribution < 1.29 is 4.74 Å². The van der Waals surface area contributed by atoms with E-state index in [-0.39, 0.29) is 12.4 Å². The lowest BCUT2D eigenvalue weighted by Gasteiger charge is -2.00. The third kappa shape index (κ3) is 3.07. The molecule has 1 rings (SSSR count).